The molecule has 198 valence electrons. The summed E-state index contributed by atoms with van der Waals surface area (Å²) in [4.78, 5) is 34.8. The number of amides is 2. The zero-order valence-corrected chi connectivity index (χ0v) is 22.4. The van der Waals surface area contributed by atoms with Gasteiger partial charge in [-0.15, -0.1) is 0 Å². The number of benzene rings is 3. The largest absolute Gasteiger partial charge is 0.494 e. The first-order valence-corrected chi connectivity index (χ1v) is 13.4. The number of hydrogen-bond donors (Lipinski definition) is 0. The molecule has 3 heterocycles. The SMILES string of the molecule is CCCOc1ccc(N2C(=O)[C@H]3[C@H](ON(c4ccccc4)[C@H]3c3ccc(-c4ccc(Cl)c(Cl)c4)o3)C2=O)cc1. The average Bonchev–Trinajstić information content (AvgIpc) is 3.65. The smallest absolute Gasteiger partial charge is 0.266 e. The van der Waals surface area contributed by atoms with Crippen molar-refractivity contribution in [3.8, 4) is 17.1 Å². The predicted molar refractivity (Wildman–Crippen MR) is 149 cm³/mol. The van der Waals surface area contributed by atoms with Crippen molar-refractivity contribution in [1.29, 1.82) is 0 Å². The summed E-state index contributed by atoms with van der Waals surface area (Å²) in [6, 6.07) is 24.4. The van der Waals surface area contributed by atoms with Crippen molar-refractivity contribution >= 4 is 46.4 Å². The Bertz CT molecular complexity index is 1520. The Morgan fingerprint density at radius 3 is 2.33 bits per heavy atom. The number of anilines is 2. The van der Waals surface area contributed by atoms with E-state index in [1.165, 1.54) is 4.90 Å². The van der Waals surface area contributed by atoms with Gasteiger partial charge in [-0.25, -0.2) is 9.96 Å². The van der Waals surface area contributed by atoms with Gasteiger partial charge >= 0.3 is 0 Å². The fourth-order valence-electron chi connectivity index (χ4n) is 4.98. The summed E-state index contributed by atoms with van der Waals surface area (Å²) < 4.78 is 11.9. The van der Waals surface area contributed by atoms with Gasteiger partial charge in [-0.1, -0.05) is 48.3 Å². The van der Waals surface area contributed by atoms with Crippen molar-refractivity contribution in [2.45, 2.75) is 25.5 Å². The summed E-state index contributed by atoms with van der Waals surface area (Å²) in [6.45, 7) is 2.61. The number of fused-ring (bicyclic) bond motifs is 1. The molecule has 2 aliphatic rings. The molecule has 4 aromatic rings. The Balaban J connectivity index is 1.36. The van der Waals surface area contributed by atoms with E-state index < -0.39 is 24.0 Å². The number of carbonyl (C=O) groups is 2. The van der Waals surface area contributed by atoms with E-state index in [0.717, 1.165) is 12.0 Å². The molecule has 2 aliphatic heterocycles. The van der Waals surface area contributed by atoms with Gasteiger partial charge < -0.3 is 9.15 Å². The molecule has 0 bridgehead atoms. The summed E-state index contributed by atoms with van der Waals surface area (Å²) >= 11 is 12.3. The number of carbonyl (C=O) groups excluding carboxylic acids is 2. The predicted octanol–water partition coefficient (Wildman–Crippen LogP) is 7.09. The number of ether oxygens (including phenoxy) is 1. The van der Waals surface area contributed by atoms with E-state index in [1.54, 1.807) is 59.7 Å². The van der Waals surface area contributed by atoms with Gasteiger partial charge in [0.25, 0.3) is 5.91 Å². The molecular formula is C30H24Cl2N2O5. The van der Waals surface area contributed by atoms with E-state index >= 15 is 0 Å². The minimum Gasteiger partial charge on any atom is -0.494 e. The van der Waals surface area contributed by atoms with Gasteiger partial charge in [0.2, 0.25) is 5.91 Å². The van der Waals surface area contributed by atoms with E-state index in [0.29, 0.717) is 45.3 Å². The highest BCUT2D eigenvalue weighted by molar-refractivity contribution is 6.42. The fourth-order valence-corrected chi connectivity index (χ4v) is 5.28. The lowest BCUT2D eigenvalue weighted by atomic mass is 9.94. The molecule has 2 saturated heterocycles. The van der Waals surface area contributed by atoms with Crippen LogP contribution in [0.25, 0.3) is 11.3 Å². The van der Waals surface area contributed by atoms with Gasteiger partial charge in [0.05, 0.1) is 28.0 Å². The minimum absolute atomic E-state index is 0.358. The molecule has 2 fully saturated rings. The molecule has 3 atom stereocenters. The standard InChI is InChI=1S/C30H24Cl2N2O5/c1-2-16-37-21-11-9-19(10-12-21)33-29(35)26-27(34(39-28(26)30(33)36)20-6-4-3-5-7-20)25-15-14-24(38-25)18-8-13-22(31)23(32)17-18/h3-15,17,26-28H,2,16H2,1H3/t26-,27+,28+/m1/s1. The summed E-state index contributed by atoms with van der Waals surface area (Å²) in [7, 11) is 0. The highest BCUT2D eigenvalue weighted by Gasteiger charge is 2.61. The van der Waals surface area contributed by atoms with Crippen LogP contribution in [0.15, 0.2) is 89.3 Å². The molecule has 39 heavy (non-hydrogen) atoms. The summed E-state index contributed by atoms with van der Waals surface area (Å²) in [5.41, 5.74) is 1.90. The number of hydrogen-bond acceptors (Lipinski definition) is 6. The first-order valence-electron chi connectivity index (χ1n) is 12.6. The highest BCUT2D eigenvalue weighted by Crippen LogP contribution is 2.48. The van der Waals surface area contributed by atoms with Crippen LogP contribution in [0.5, 0.6) is 5.75 Å². The van der Waals surface area contributed by atoms with Crippen LogP contribution in [-0.4, -0.2) is 24.5 Å². The maximum atomic E-state index is 13.9. The van der Waals surface area contributed by atoms with Crippen molar-refractivity contribution in [2.24, 2.45) is 5.92 Å². The van der Waals surface area contributed by atoms with Crippen molar-refractivity contribution in [1.82, 2.24) is 0 Å². The molecule has 0 saturated carbocycles. The normalized spacial score (nSPS) is 20.5. The second-order valence-electron chi connectivity index (χ2n) is 9.34. The number of furan rings is 1. The quantitative estimate of drug-likeness (QED) is 0.224. The Labute approximate surface area is 235 Å². The van der Waals surface area contributed by atoms with E-state index in [2.05, 4.69) is 0 Å². The third-order valence-electron chi connectivity index (χ3n) is 6.82. The average molecular weight is 563 g/mol. The molecule has 0 unspecified atom stereocenters. The van der Waals surface area contributed by atoms with Crippen molar-refractivity contribution in [3.63, 3.8) is 0 Å². The molecule has 0 radical (unpaired) electrons. The maximum absolute atomic E-state index is 13.9. The Morgan fingerprint density at radius 2 is 1.62 bits per heavy atom. The van der Waals surface area contributed by atoms with E-state index in [1.807, 2.05) is 37.3 Å². The van der Waals surface area contributed by atoms with Crippen LogP contribution < -0.4 is 14.7 Å². The fraction of sp³-hybridized carbons (Fsp3) is 0.200. The molecule has 7 nitrogen and oxygen atoms in total. The molecule has 3 aromatic carbocycles. The number of para-hydroxylation sites is 1. The lowest BCUT2D eigenvalue weighted by Gasteiger charge is -2.27. The Morgan fingerprint density at radius 1 is 0.846 bits per heavy atom. The topological polar surface area (TPSA) is 72.2 Å². The second-order valence-corrected chi connectivity index (χ2v) is 10.2. The molecule has 0 aliphatic carbocycles. The van der Waals surface area contributed by atoms with E-state index in [-0.39, 0.29) is 5.91 Å². The van der Waals surface area contributed by atoms with Crippen molar-refractivity contribution < 1.29 is 23.6 Å². The van der Waals surface area contributed by atoms with Crippen LogP contribution in [0.4, 0.5) is 11.4 Å². The minimum atomic E-state index is -1.00. The summed E-state index contributed by atoms with van der Waals surface area (Å²) in [5, 5.41) is 2.44. The van der Waals surface area contributed by atoms with Crippen LogP contribution in [0, 0.1) is 5.92 Å². The monoisotopic (exact) mass is 562 g/mol. The molecule has 1 aromatic heterocycles. The molecule has 0 N–H and O–H groups in total. The van der Waals surface area contributed by atoms with E-state index in [4.69, 9.17) is 37.2 Å². The van der Waals surface area contributed by atoms with Gasteiger partial charge in [-0.2, -0.15) is 0 Å². The van der Waals surface area contributed by atoms with Crippen molar-refractivity contribution in [2.75, 3.05) is 16.6 Å². The van der Waals surface area contributed by atoms with Gasteiger partial charge in [0.1, 0.15) is 29.2 Å². The van der Waals surface area contributed by atoms with Crippen LogP contribution in [0.2, 0.25) is 10.0 Å². The Hall–Kier alpha value is -3.78. The van der Waals surface area contributed by atoms with Crippen LogP contribution >= 0.6 is 23.2 Å². The van der Waals surface area contributed by atoms with Gasteiger partial charge in [0.15, 0.2) is 6.10 Å². The molecule has 2 amide bonds. The van der Waals surface area contributed by atoms with Gasteiger partial charge in [-0.05, 0) is 73.2 Å². The number of hydroxylamine groups is 1. The number of nitrogens with zero attached hydrogens (tertiary/aromatic N) is 2. The van der Waals surface area contributed by atoms with Crippen LogP contribution in [-0.2, 0) is 14.4 Å². The number of rotatable bonds is 7. The molecule has 0 spiro atoms. The van der Waals surface area contributed by atoms with Crippen LogP contribution in [0.1, 0.15) is 25.1 Å². The summed E-state index contributed by atoms with van der Waals surface area (Å²) in [5.74, 6) is 0.112. The Kier molecular flexibility index (Phi) is 6.81. The molecular weight excluding hydrogens is 539 g/mol. The lowest BCUT2D eigenvalue weighted by Crippen LogP contribution is -2.37. The third kappa shape index (κ3) is 4.56. The first-order chi connectivity index (χ1) is 19.0. The van der Waals surface area contributed by atoms with Gasteiger partial charge in [0, 0.05) is 5.56 Å². The zero-order valence-electron chi connectivity index (χ0n) is 20.9. The van der Waals surface area contributed by atoms with E-state index in [9.17, 15) is 9.59 Å². The molecule has 6 rings (SSSR count). The first kappa shape index (κ1) is 25.5. The van der Waals surface area contributed by atoms with Gasteiger partial charge in [-0.3, -0.25) is 14.4 Å². The van der Waals surface area contributed by atoms with Crippen LogP contribution in [0.3, 0.4) is 0 Å². The highest BCUT2D eigenvalue weighted by atomic mass is 35.5. The zero-order chi connectivity index (χ0) is 27.1. The van der Waals surface area contributed by atoms with Crippen molar-refractivity contribution in [3.05, 3.63) is 101 Å². The maximum Gasteiger partial charge on any atom is 0.266 e. The third-order valence-corrected chi connectivity index (χ3v) is 7.56. The number of imide groups is 1. The molecule has 9 heteroatoms. The summed E-state index contributed by atoms with van der Waals surface area (Å²) in [6.07, 6.45) is -0.123. The number of halogens is 2. The lowest BCUT2D eigenvalue weighted by molar-refractivity contribution is -0.126. The second kappa shape index (κ2) is 10.4.